The van der Waals surface area contributed by atoms with E-state index < -0.39 is 0 Å². The molecule has 6 aromatic heterocycles. The zero-order valence-electron chi connectivity index (χ0n) is 21.1. The van der Waals surface area contributed by atoms with Crippen LogP contribution < -0.4 is 4.74 Å². The fourth-order valence-electron chi connectivity index (χ4n) is 5.09. The zero-order chi connectivity index (χ0) is 25.5. The zero-order valence-corrected chi connectivity index (χ0v) is 21.1. The Bertz CT molecular complexity index is 1740. The van der Waals surface area contributed by atoms with Gasteiger partial charge < -0.3 is 9.72 Å². The maximum absolute atomic E-state index is 6.01. The third kappa shape index (κ3) is 4.18. The largest absolute Gasteiger partial charge is 0.491 e. The molecule has 10 heteroatoms. The number of rotatable bonds is 7. The Hall–Kier alpha value is -4.57. The molecular weight excluding hydrogens is 478 g/mol. The van der Waals surface area contributed by atoms with Crippen LogP contribution in [0, 0.1) is 6.92 Å². The molecule has 0 saturated carbocycles. The molecule has 0 atom stereocenters. The molecular formula is C28H27N9O. The summed E-state index contributed by atoms with van der Waals surface area (Å²) in [7, 11) is 0. The minimum Gasteiger partial charge on any atom is -0.491 e. The highest BCUT2D eigenvalue weighted by molar-refractivity contribution is 5.96. The number of aromatic nitrogens is 8. The van der Waals surface area contributed by atoms with E-state index in [0.29, 0.717) is 6.61 Å². The first-order valence-electron chi connectivity index (χ1n) is 12.9. The molecule has 0 aliphatic carbocycles. The van der Waals surface area contributed by atoms with Crippen LogP contribution in [-0.4, -0.2) is 70.8 Å². The van der Waals surface area contributed by atoms with Crippen LogP contribution in [0.5, 0.6) is 5.75 Å². The van der Waals surface area contributed by atoms with Crippen LogP contribution in [0.15, 0.2) is 61.4 Å². The molecule has 1 saturated heterocycles. The third-order valence-electron chi connectivity index (χ3n) is 7.03. The summed E-state index contributed by atoms with van der Waals surface area (Å²) in [6, 6.07) is 10.00. The first-order valence-corrected chi connectivity index (χ1v) is 12.9. The number of H-pyrrole nitrogens is 2. The molecule has 1 aliphatic rings. The Kier molecular flexibility index (Phi) is 5.58. The van der Waals surface area contributed by atoms with E-state index in [1.54, 1.807) is 18.7 Å². The van der Waals surface area contributed by atoms with Crippen molar-refractivity contribution in [2.24, 2.45) is 0 Å². The number of likely N-dealkylation sites (tertiary alicyclic amines) is 1. The number of aryl methyl sites for hydroxylation is 1. The summed E-state index contributed by atoms with van der Waals surface area (Å²) in [5.41, 5.74) is 6.85. The molecule has 7 rings (SSSR count). The average molecular weight is 506 g/mol. The van der Waals surface area contributed by atoms with Crippen LogP contribution in [0.25, 0.3) is 50.4 Å². The lowest BCUT2D eigenvalue weighted by atomic mass is 10.1. The van der Waals surface area contributed by atoms with Crippen molar-refractivity contribution in [3.8, 4) is 34.2 Å². The van der Waals surface area contributed by atoms with Gasteiger partial charge in [0, 0.05) is 36.1 Å². The third-order valence-corrected chi connectivity index (χ3v) is 7.03. The van der Waals surface area contributed by atoms with Crippen LogP contribution in [0.2, 0.25) is 0 Å². The molecule has 2 N–H and O–H groups in total. The maximum Gasteiger partial charge on any atom is 0.147 e. The Morgan fingerprint density at radius 2 is 1.95 bits per heavy atom. The van der Waals surface area contributed by atoms with Gasteiger partial charge in [-0.15, -0.1) is 0 Å². The standard InChI is InChI=1S/C28H27N9O/c1-18-16-37(17-31-18)28-21-13-25(32-23(21)6-7-30-28)27-26-24(34-35-27)5-4-22(33-26)19-12-20(15-29-14-19)38-11-10-36-8-2-3-9-36/h4-7,12-17,32H,2-3,8-11H2,1H3,(H,34,35). The van der Waals surface area contributed by atoms with Crippen molar-refractivity contribution in [2.45, 2.75) is 19.8 Å². The summed E-state index contributed by atoms with van der Waals surface area (Å²) >= 11 is 0. The Balaban J connectivity index is 1.20. The van der Waals surface area contributed by atoms with Crippen molar-refractivity contribution < 1.29 is 4.74 Å². The summed E-state index contributed by atoms with van der Waals surface area (Å²) in [5, 5.41) is 8.69. The van der Waals surface area contributed by atoms with Gasteiger partial charge in [0.2, 0.25) is 0 Å². The number of hydrogen-bond donors (Lipinski definition) is 2. The Labute approximate surface area is 218 Å². The average Bonchev–Trinajstić information content (AvgIpc) is 3.74. The first-order chi connectivity index (χ1) is 18.7. The maximum atomic E-state index is 6.01. The molecule has 0 radical (unpaired) electrons. The van der Waals surface area contributed by atoms with Gasteiger partial charge >= 0.3 is 0 Å². The van der Waals surface area contributed by atoms with E-state index in [1.165, 1.54) is 12.8 Å². The second-order valence-electron chi connectivity index (χ2n) is 9.67. The molecule has 0 aromatic carbocycles. The number of pyridine rings is 3. The van der Waals surface area contributed by atoms with E-state index >= 15 is 0 Å². The van der Waals surface area contributed by atoms with E-state index in [9.17, 15) is 0 Å². The number of nitrogens with zero attached hydrogens (tertiary/aromatic N) is 7. The predicted molar refractivity (Wildman–Crippen MR) is 145 cm³/mol. The van der Waals surface area contributed by atoms with Crippen LogP contribution >= 0.6 is 0 Å². The molecule has 6 aromatic rings. The Morgan fingerprint density at radius 3 is 2.82 bits per heavy atom. The molecule has 10 nitrogen and oxygen atoms in total. The SMILES string of the molecule is Cc1cn(-c2nccc3[nH]c(-c4n[nH]c5ccc(-c6cncc(OCCN7CCCC7)c6)nc45)cc23)cn1. The van der Waals surface area contributed by atoms with Gasteiger partial charge in [-0.2, -0.15) is 5.10 Å². The summed E-state index contributed by atoms with van der Waals surface area (Å²) < 4.78 is 7.94. The van der Waals surface area contributed by atoms with Crippen molar-refractivity contribution in [1.29, 1.82) is 0 Å². The second kappa shape index (κ2) is 9.38. The van der Waals surface area contributed by atoms with E-state index in [2.05, 4.69) is 41.1 Å². The van der Waals surface area contributed by atoms with Gasteiger partial charge in [0.1, 0.15) is 35.7 Å². The highest BCUT2D eigenvalue weighted by Crippen LogP contribution is 2.31. The number of imidazole rings is 1. The summed E-state index contributed by atoms with van der Waals surface area (Å²) in [6.07, 6.45) is 11.7. The number of fused-ring (bicyclic) bond motifs is 2. The normalized spacial score (nSPS) is 14.1. The van der Waals surface area contributed by atoms with Crippen molar-refractivity contribution in [3.63, 3.8) is 0 Å². The van der Waals surface area contributed by atoms with Crippen molar-refractivity contribution in [1.82, 2.24) is 44.6 Å². The van der Waals surface area contributed by atoms with Crippen LogP contribution in [-0.2, 0) is 0 Å². The van der Waals surface area contributed by atoms with Crippen molar-refractivity contribution in [2.75, 3.05) is 26.2 Å². The van der Waals surface area contributed by atoms with Gasteiger partial charge in [0.15, 0.2) is 0 Å². The van der Waals surface area contributed by atoms with E-state index in [4.69, 9.17) is 9.72 Å². The van der Waals surface area contributed by atoms with Crippen molar-refractivity contribution in [3.05, 3.63) is 67.1 Å². The van der Waals surface area contributed by atoms with Gasteiger partial charge in [0.05, 0.1) is 34.3 Å². The van der Waals surface area contributed by atoms with Gasteiger partial charge in [-0.25, -0.2) is 15.0 Å². The van der Waals surface area contributed by atoms with Gasteiger partial charge in [-0.3, -0.25) is 19.5 Å². The molecule has 1 aliphatic heterocycles. The minimum atomic E-state index is 0.652. The lowest BCUT2D eigenvalue weighted by Gasteiger charge is -2.15. The molecule has 190 valence electrons. The van der Waals surface area contributed by atoms with Gasteiger partial charge in [-0.1, -0.05) is 0 Å². The quantitative estimate of drug-likeness (QED) is 0.328. The molecule has 0 bridgehead atoms. The number of hydrogen-bond acceptors (Lipinski definition) is 7. The summed E-state index contributed by atoms with van der Waals surface area (Å²) in [6.45, 7) is 5.88. The molecule has 1 fully saturated rings. The van der Waals surface area contributed by atoms with Crippen molar-refractivity contribution >= 4 is 21.9 Å². The van der Waals surface area contributed by atoms with Crippen LogP contribution in [0.3, 0.4) is 0 Å². The van der Waals surface area contributed by atoms with E-state index in [-0.39, 0.29) is 0 Å². The van der Waals surface area contributed by atoms with E-state index in [1.807, 2.05) is 48.1 Å². The number of ether oxygens (including phenoxy) is 1. The first kappa shape index (κ1) is 22.6. The van der Waals surface area contributed by atoms with Crippen LogP contribution in [0.1, 0.15) is 18.5 Å². The summed E-state index contributed by atoms with van der Waals surface area (Å²) in [5.74, 6) is 1.56. The molecule has 0 spiro atoms. The topological polar surface area (TPSA) is 113 Å². The highest BCUT2D eigenvalue weighted by Gasteiger charge is 2.16. The van der Waals surface area contributed by atoms with Crippen LogP contribution in [0.4, 0.5) is 0 Å². The monoisotopic (exact) mass is 505 g/mol. The lowest BCUT2D eigenvalue weighted by molar-refractivity contribution is 0.237. The molecule has 0 unspecified atom stereocenters. The minimum absolute atomic E-state index is 0.652. The lowest BCUT2D eigenvalue weighted by Crippen LogP contribution is -2.25. The number of nitrogens with one attached hydrogen (secondary N) is 2. The smallest absolute Gasteiger partial charge is 0.147 e. The predicted octanol–water partition coefficient (Wildman–Crippen LogP) is 4.53. The molecule has 38 heavy (non-hydrogen) atoms. The number of aromatic amines is 2. The molecule has 0 amide bonds. The molecule has 7 heterocycles. The second-order valence-corrected chi connectivity index (χ2v) is 9.67. The van der Waals surface area contributed by atoms with Gasteiger partial charge in [0.25, 0.3) is 0 Å². The fraction of sp³-hybridized carbons (Fsp3) is 0.250. The highest BCUT2D eigenvalue weighted by atomic mass is 16.5. The van der Waals surface area contributed by atoms with Gasteiger partial charge in [-0.05, 0) is 63.2 Å². The summed E-state index contributed by atoms with van der Waals surface area (Å²) in [4.78, 5) is 24.2. The Morgan fingerprint density at radius 1 is 1.03 bits per heavy atom. The van der Waals surface area contributed by atoms with E-state index in [0.717, 1.165) is 81.5 Å². The fourth-order valence-corrected chi connectivity index (χ4v) is 5.09.